The van der Waals surface area contributed by atoms with Crippen molar-refractivity contribution in [2.24, 2.45) is 0 Å². The number of hydrogen-bond acceptors (Lipinski definition) is 3. The maximum Gasteiger partial charge on any atom is 0.0788 e. The van der Waals surface area contributed by atoms with E-state index in [1.54, 1.807) is 0 Å². The van der Waals surface area contributed by atoms with E-state index in [1.807, 2.05) is 35.7 Å². The van der Waals surface area contributed by atoms with Crippen LogP contribution in [0.1, 0.15) is 0 Å². The molecule has 182 valence electrons. The topological polar surface area (TPSA) is 25.8 Å². The lowest BCUT2D eigenvalue weighted by atomic mass is 9.96. The van der Waals surface area contributed by atoms with Gasteiger partial charge in [0.25, 0.3) is 0 Å². The van der Waals surface area contributed by atoms with E-state index in [0.29, 0.717) is 0 Å². The summed E-state index contributed by atoms with van der Waals surface area (Å²) < 4.78 is 2.64. The standard InChI is InChI=1S/C36H22N2S/c1-2-10-24(11-3-1)35-28-18-19-33-34(29-17-16-23-9-4-5-14-27(23)36(29)39-33)30(28)22-32(38-35)26-13-8-12-25(21-26)31-15-6-7-20-37-31/h1-22H. The monoisotopic (exact) mass is 514 g/mol. The average molecular weight is 515 g/mol. The van der Waals surface area contributed by atoms with Crippen LogP contribution in [0.4, 0.5) is 0 Å². The van der Waals surface area contributed by atoms with E-state index in [9.17, 15) is 0 Å². The number of pyridine rings is 2. The van der Waals surface area contributed by atoms with Gasteiger partial charge in [0.05, 0.1) is 17.1 Å². The molecule has 0 N–H and O–H groups in total. The van der Waals surface area contributed by atoms with Crippen molar-refractivity contribution in [1.29, 1.82) is 0 Å². The molecule has 3 heteroatoms. The highest BCUT2D eigenvalue weighted by Gasteiger charge is 2.16. The van der Waals surface area contributed by atoms with E-state index < -0.39 is 0 Å². The Morgan fingerprint density at radius 2 is 1.26 bits per heavy atom. The first-order valence-corrected chi connectivity index (χ1v) is 13.9. The first kappa shape index (κ1) is 22.2. The van der Waals surface area contributed by atoms with Crippen LogP contribution in [0, 0.1) is 0 Å². The summed E-state index contributed by atoms with van der Waals surface area (Å²) in [5.74, 6) is 0. The Labute approximate surface area is 229 Å². The van der Waals surface area contributed by atoms with Gasteiger partial charge < -0.3 is 0 Å². The number of thiophene rings is 1. The fourth-order valence-corrected chi connectivity index (χ4v) is 6.92. The lowest BCUT2D eigenvalue weighted by molar-refractivity contribution is 1.32. The van der Waals surface area contributed by atoms with Gasteiger partial charge in [0.15, 0.2) is 0 Å². The van der Waals surface area contributed by atoms with Gasteiger partial charge in [-0.1, -0.05) is 97.1 Å². The Bertz CT molecular complexity index is 2160. The zero-order valence-corrected chi connectivity index (χ0v) is 21.8. The van der Waals surface area contributed by atoms with E-state index in [1.165, 1.54) is 41.7 Å². The van der Waals surface area contributed by atoms with Gasteiger partial charge in [0.1, 0.15) is 0 Å². The Morgan fingerprint density at radius 3 is 2.13 bits per heavy atom. The Balaban J connectivity index is 1.46. The molecule has 0 atom stereocenters. The molecule has 3 aromatic heterocycles. The van der Waals surface area contributed by atoms with Crippen molar-refractivity contribution >= 4 is 53.1 Å². The SMILES string of the molecule is c1ccc(-c2nc(-c3cccc(-c4ccccn4)c3)cc3c2ccc2sc4c5ccccc5ccc4c23)cc1. The van der Waals surface area contributed by atoms with Gasteiger partial charge in [-0.25, -0.2) is 4.98 Å². The Hall–Kier alpha value is -4.86. The molecule has 0 amide bonds. The van der Waals surface area contributed by atoms with Crippen LogP contribution in [0.5, 0.6) is 0 Å². The quantitative estimate of drug-likeness (QED) is 0.234. The molecular formula is C36H22N2S. The lowest BCUT2D eigenvalue weighted by Gasteiger charge is -2.12. The molecule has 0 saturated carbocycles. The predicted octanol–water partition coefficient (Wildman–Crippen LogP) is 10.2. The van der Waals surface area contributed by atoms with Gasteiger partial charge in [-0.2, -0.15) is 0 Å². The molecule has 8 rings (SSSR count). The van der Waals surface area contributed by atoms with Crippen molar-refractivity contribution in [3.05, 3.63) is 134 Å². The fraction of sp³-hybridized carbons (Fsp3) is 0. The highest BCUT2D eigenvalue weighted by molar-refractivity contribution is 7.26. The summed E-state index contributed by atoms with van der Waals surface area (Å²) in [6.45, 7) is 0. The Kier molecular flexibility index (Phi) is 5.04. The summed E-state index contributed by atoms with van der Waals surface area (Å²) in [7, 11) is 0. The molecule has 39 heavy (non-hydrogen) atoms. The molecule has 0 aliphatic rings. The molecule has 0 fully saturated rings. The average Bonchev–Trinajstić information content (AvgIpc) is 3.41. The largest absolute Gasteiger partial charge is 0.256 e. The van der Waals surface area contributed by atoms with E-state index in [2.05, 4.69) is 114 Å². The van der Waals surface area contributed by atoms with Crippen LogP contribution in [0.2, 0.25) is 0 Å². The summed E-state index contributed by atoms with van der Waals surface area (Å²) in [6, 6.07) is 45.1. The highest BCUT2D eigenvalue weighted by atomic mass is 32.1. The maximum absolute atomic E-state index is 5.28. The van der Waals surface area contributed by atoms with Gasteiger partial charge in [-0.15, -0.1) is 11.3 Å². The van der Waals surface area contributed by atoms with Crippen molar-refractivity contribution in [2.45, 2.75) is 0 Å². The number of rotatable bonds is 3. The minimum Gasteiger partial charge on any atom is -0.256 e. The molecule has 3 heterocycles. The van der Waals surface area contributed by atoms with Gasteiger partial charge in [-0.3, -0.25) is 4.98 Å². The summed E-state index contributed by atoms with van der Waals surface area (Å²) >= 11 is 1.88. The van der Waals surface area contributed by atoms with Crippen LogP contribution in [0.25, 0.3) is 75.5 Å². The molecular weight excluding hydrogens is 492 g/mol. The van der Waals surface area contributed by atoms with Crippen LogP contribution < -0.4 is 0 Å². The van der Waals surface area contributed by atoms with Crippen LogP contribution >= 0.6 is 11.3 Å². The number of benzene rings is 5. The molecule has 0 aliphatic carbocycles. The lowest BCUT2D eigenvalue weighted by Crippen LogP contribution is -1.92. The van der Waals surface area contributed by atoms with E-state index in [0.717, 1.165) is 33.8 Å². The van der Waals surface area contributed by atoms with Gasteiger partial charge in [0, 0.05) is 48.4 Å². The van der Waals surface area contributed by atoms with Gasteiger partial charge >= 0.3 is 0 Å². The predicted molar refractivity (Wildman–Crippen MR) is 166 cm³/mol. The molecule has 0 radical (unpaired) electrons. The zero-order valence-electron chi connectivity index (χ0n) is 21.0. The minimum absolute atomic E-state index is 0.960. The van der Waals surface area contributed by atoms with Crippen LogP contribution in [-0.4, -0.2) is 9.97 Å². The highest BCUT2D eigenvalue weighted by Crippen LogP contribution is 2.44. The van der Waals surface area contributed by atoms with Crippen molar-refractivity contribution < 1.29 is 0 Å². The molecule has 0 spiro atoms. The van der Waals surface area contributed by atoms with Crippen molar-refractivity contribution in [3.63, 3.8) is 0 Å². The first-order valence-electron chi connectivity index (χ1n) is 13.1. The third-order valence-corrected chi connectivity index (χ3v) is 8.71. The van der Waals surface area contributed by atoms with Crippen molar-refractivity contribution in [1.82, 2.24) is 9.97 Å². The van der Waals surface area contributed by atoms with Crippen molar-refractivity contribution in [2.75, 3.05) is 0 Å². The molecule has 0 unspecified atom stereocenters. The van der Waals surface area contributed by atoms with Crippen LogP contribution in [0.3, 0.4) is 0 Å². The number of nitrogens with zero attached hydrogens (tertiary/aromatic N) is 2. The number of aromatic nitrogens is 2. The zero-order chi connectivity index (χ0) is 25.8. The second kappa shape index (κ2) is 8.87. The van der Waals surface area contributed by atoms with Crippen LogP contribution in [0.15, 0.2) is 134 Å². The van der Waals surface area contributed by atoms with Crippen LogP contribution in [-0.2, 0) is 0 Å². The van der Waals surface area contributed by atoms with Crippen molar-refractivity contribution in [3.8, 4) is 33.8 Å². The minimum atomic E-state index is 0.960. The number of hydrogen-bond donors (Lipinski definition) is 0. The molecule has 0 bridgehead atoms. The van der Waals surface area contributed by atoms with Gasteiger partial charge in [0.2, 0.25) is 0 Å². The summed E-state index contributed by atoms with van der Waals surface area (Å²) in [4.78, 5) is 9.85. The van der Waals surface area contributed by atoms with Gasteiger partial charge in [-0.05, 0) is 46.5 Å². The third-order valence-electron chi connectivity index (χ3n) is 7.50. The summed E-state index contributed by atoms with van der Waals surface area (Å²) in [5.41, 5.74) is 6.22. The molecule has 5 aromatic carbocycles. The van der Waals surface area contributed by atoms with E-state index in [-0.39, 0.29) is 0 Å². The first-order chi connectivity index (χ1) is 19.3. The molecule has 2 nitrogen and oxygen atoms in total. The molecule has 0 saturated heterocycles. The van der Waals surface area contributed by atoms with E-state index in [4.69, 9.17) is 4.98 Å². The second-order valence-corrected chi connectivity index (χ2v) is 10.9. The third kappa shape index (κ3) is 3.63. The smallest absolute Gasteiger partial charge is 0.0788 e. The Morgan fingerprint density at radius 1 is 0.487 bits per heavy atom. The summed E-state index contributed by atoms with van der Waals surface area (Å²) in [6.07, 6.45) is 1.84. The fourth-order valence-electron chi connectivity index (χ4n) is 5.66. The second-order valence-electron chi connectivity index (χ2n) is 9.82. The normalized spacial score (nSPS) is 11.6. The molecule has 0 aliphatic heterocycles. The number of fused-ring (bicyclic) bond motifs is 7. The van der Waals surface area contributed by atoms with E-state index >= 15 is 0 Å². The summed E-state index contributed by atoms with van der Waals surface area (Å²) in [5, 5.41) is 7.61. The molecule has 8 aromatic rings. The maximum atomic E-state index is 5.28.